The second-order valence-corrected chi connectivity index (χ2v) is 4.02. The Bertz CT molecular complexity index is 554. The Labute approximate surface area is 105 Å². The zero-order valence-corrected chi connectivity index (χ0v) is 10.0. The van der Waals surface area contributed by atoms with Crippen LogP contribution in [0.2, 0.25) is 0 Å². The van der Waals surface area contributed by atoms with Crippen LogP contribution in [0.15, 0.2) is 30.6 Å². The van der Waals surface area contributed by atoms with E-state index in [9.17, 15) is 0 Å². The van der Waals surface area contributed by atoms with Gasteiger partial charge in [-0.05, 0) is 25.1 Å². The summed E-state index contributed by atoms with van der Waals surface area (Å²) in [5.74, 6) is 0.639. The molecule has 0 aliphatic carbocycles. The third kappa shape index (κ3) is 2.77. The van der Waals surface area contributed by atoms with Gasteiger partial charge >= 0.3 is 0 Å². The average Bonchev–Trinajstić information content (AvgIpc) is 2.84. The molecule has 3 N–H and O–H groups in total. The molecule has 2 rings (SSSR count). The largest absolute Gasteiger partial charge is 0.396 e. The van der Waals surface area contributed by atoms with Crippen LogP contribution >= 0.6 is 0 Å². The molecule has 0 fully saturated rings. The van der Waals surface area contributed by atoms with Gasteiger partial charge in [0.05, 0.1) is 12.2 Å². The van der Waals surface area contributed by atoms with Crippen molar-refractivity contribution >= 4 is 11.5 Å². The molecule has 1 atom stereocenters. The van der Waals surface area contributed by atoms with E-state index in [1.165, 1.54) is 0 Å². The van der Waals surface area contributed by atoms with Crippen molar-refractivity contribution in [2.75, 3.05) is 11.1 Å². The minimum Gasteiger partial charge on any atom is -0.396 e. The van der Waals surface area contributed by atoms with Gasteiger partial charge in [0.15, 0.2) is 5.69 Å². The molecule has 1 unspecified atom stereocenters. The summed E-state index contributed by atoms with van der Waals surface area (Å²) >= 11 is 0. The number of rotatable bonds is 4. The first kappa shape index (κ1) is 11.9. The first-order valence-electron chi connectivity index (χ1n) is 5.59. The molecule has 0 aliphatic heterocycles. The molecule has 0 aliphatic rings. The highest BCUT2D eigenvalue weighted by Gasteiger charge is 2.06. The number of aromatic nitrogens is 3. The zero-order valence-electron chi connectivity index (χ0n) is 10.0. The number of anilines is 2. The van der Waals surface area contributed by atoms with Crippen LogP contribution < -0.4 is 11.1 Å². The normalized spacial score (nSPS) is 11.8. The van der Waals surface area contributed by atoms with Gasteiger partial charge in [-0.25, -0.2) is 4.98 Å². The summed E-state index contributed by atoms with van der Waals surface area (Å²) in [4.78, 5) is 4.13. The lowest BCUT2D eigenvalue weighted by molar-refractivity contribution is 0.559. The molecule has 0 spiro atoms. The standard InChI is InChI=1S/C12H14N6/c1-9(8-18-6-2-5-15-18)16-12-4-3-10(14)11(7-13)17-12/h2-6,9H,8,14H2,1H3,(H,16,17). The summed E-state index contributed by atoms with van der Waals surface area (Å²) in [6.45, 7) is 2.74. The Morgan fingerprint density at radius 1 is 1.56 bits per heavy atom. The van der Waals surface area contributed by atoms with Crippen LogP contribution in [0.25, 0.3) is 0 Å². The molecule has 2 heterocycles. The quantitative estimate of drug-likeness (QED) is 0.841. The summed E-state index contributed by atoms with van der Waals surface area (Å²) < 4.78 is 1.83. The smallest absolute Gasteiger partial charge is 0.165 e. The van der Waals surface area contributed by atoms with E-state index < -0.39 is 0 Å². The third-order valence-corrected chi connectivity index (χ3v) is 2.45. The van der Waals surface area contributed by atoms with E-state index in [4.69, 9.17) is 11.0 Å². The van der Waals surface area contributed by atoms with E-state index in [1.807, 2.05) is 29.9 Å². The van der Waals surface area contributed by atoms with Crippen LogP contribution in [0.4, 0.5) is 11.5 Å². The monoisotopic (exact) mass is 242 g/mol. The second kappa shape index (κ2) is 5.19. The van der Waals surface area contributed by atoms with Gasteiger partial charge in [-0.2, -0.15) is 10.4 Å². The minimum absolute atomic E-state index is 0.146. The van der Waals surface area contributed by atoms with Crippen molar-refractivity contribution in [2.24, 2.45) is 0 Å². The highest BCUT2D eigenvalue weighted by Crippen LogP contribution is 2.13. The first-order valence-corrected chi connectivity index (χ1v) is 5.59. The van der Waals surface area contributed by atoms with E-state index in [0.29, 0.717) is 11.5 Å². The lowest BCUT2D eigenvalue weighted by Crippen LogP contribution is -2.23. The van der Waals surface area contributed by atoms with Crippen molar-refractivity contribution in [1.82, 2.24) is 14.8 Å². The summed E-state index contributed by atoms with van der Waals surface area (Å²) in [6, 6.07) is 7.42. The minimum atomic E-state index is 0.146. The van der Waals surface area contributed by atoms with Crippen molar-refractivity contribution in [2.45, 2.75) is 19.5 Å². The molecule has 0 radical (unpaired) electrons. The Morgan fingerprint density at radius 3 is 3.06 bits per heavy atom. The average molecular weight is 242 g/mol. The van der Waals surface area contributed by atoms with Crippen molar-refractivity contribution in [3.63, 3.8) is 0 Å². The summed E-state index contributed by atoms with van der Waals surface area (Å²) in [5.41, 5.74) is 6.25. The number of nitrogens with two attached hydrogens (primary N) is 1. The van der Waals surface area contributed by atoms with Gasteiger partial charge in [-0.3, -0.25) is 4.68 Å². The number of nitrogen functional groups attached to an aromatic ring is 1. The fourth-order valence-corrected chi connectivity index (χ4v) is 1.63. The fraction of sp³-hybridized carbons (Fsp3) is 0.250. The van der Waals surface area contributed by atoms with Crippen molar-refractivity contribution in [3.8, 4) is 6.07 Å². The lowest BCUT2D eigenvalue weighted by Gasteiger charge is -2.14. The molecule has 18 heavy (non-hydrogen) atoms. The molecule has 0 saturated carbocycles. The zero-order chi connectivity index (χ0) is 13.0. The Hall–Kier alpha value is -2.55. The maximum atomic E-state index is 8.85. The lowest BCUT2D eigenvalue weighted by atomic mass is 10.3. The van der Waals surface area contributed by atoms with Crippen molar-refractivity contribution in [1.29, 1.82) is 5.26 Å². The maximum absolute atomic E-state index is 8.85. The number of nitrogens with one attached hydrogen (secondary N) is 1. The predicted molar refractivity (Wildman–Crippen MR) is 68.7 cm³/mol. The number of hydrogen-bond donors (Lipinski definition) is 2. The molecule has 92 valence electrons. The van der Waals surface area contributed by atoms with Crippen molar-refractivity contribution in [3.05, 3.63) is 36.3 Å². The third-order valence-electron chi connectivity index (χ3n) is 2.45. The molecule has 0 amide bonds. The molecule has 2 aromatic rings. The van der Waals surface area contributed by atoms with Gasteiger partial charge in [0, 0.05) is 18.4 Å². The molecule has 6 heteroatoms. The van der Waals surface area contributed by atoms with E-state index in [-0.39, 0.29) is 11.7 Å². The van der Waals surface area contributed by atoms with Crippen molar-refractivity contribution < 1.29 is 0 Å². The van der Waals surface area contributed by atoms with Gasteiger partial charge in [-0.1, -0.05) is 0 Å². The van der Waals surface area contributed by atoms with Gasteiger partial charge in [0.1, 0.15) is 11.9 Å². The SMILES string of the molecule is CC(Cn1cccn1)Nc1ccc(N)c(C#N)n1. The highest BCUT2D eigenvalue weighted by molar-refractivity contribution is 5.54. The van der Waals surface area contributed by atoms with Crippen LogP contribution in [0.5, 0.6) is 0 Å². The number of pyridine rings is 1. The van der Waals surface area contributed by atoms with Gasteiger partial charge < -0.3 is 11.1 Å². The summed E-state index contributed by atoms with van der Waals surface area (Å²) in [6.07, 6.45) is 3.64. The van der Waals surface area contributed by atoms with Gasteiger partial charge in [0.25, 0.3) is 0 Å². The highest BCUT2D eigenvalue weighted by atomic mass is 15.3. The van der Waals surface area contributed by atoms with Crippen LogP contribution in [0, 0.1) is 11.3 Å². The molecule has 6 nitrogen and oxygen atoms in total. The van der Waals surface area contributed by atoms with E-state index in [1.54, 1.807) is 18.3 Å². The van der Waals surface area contributed by atoms with Crippen LogP contribution in [0.3, 0.4) is 0 Å². The number of nitriles is 1. The molecule has 2 aromatic heterocycles. The number of nitrogens with zero attached hydrogens (tertiary/aromatic N) is 4. The van der Waals surface area contributed by atoms with E-state index >= 15 is 0 Å². The van der Waals surface area contributed by atoms with Crippen LogP contribution in [-0.4, -0.2) is 20.8 Å². The fourth-order valence-electron chi connectivity index (χ4n) is 1.63. The molecule has 0 aromatic carbocycles. The molecular weight excluding hydrogens is 228 g/mol. The Kier molecular flexibility index (Phi) is 3.44. The van der Waals surface area contributed by atoms with Gasteiger partial charge in [-0.15, -0.1) is 0 Å². The Morgan fingerprint density at radius 2 is 2.39 bits per heavy atom. The van der Waals surface area contributed by atoms with Crippen LogP contribution in [0.1, 0.15) is 12.6 Å². The molecule has 0 bridgehead atoms. The van der Waals surface area contributed by atoms with E-state index in [0.717, 1.165) is 6.54 Å². The molecule has 0 saturated heterocycles. The maximum Gasteiger partial charge on any atom is 0.165 e. The van der Waals surface area contributed by atoms with E-state index in [2.05, 4.69) is 15.4 Å². The number of hydrogen-bond acceptors (Lipinski definition) is 5. The van der Waals surface area contributed by atoms with Gasteiger partial charge in [0.2, 0.25) is 0 Å². The first-order chi connectivity index (χ1) is 8.69. The predicted octanol–water partition coefficient (Wildman–Crippen LogP) is 1.23. The summed E-state index contributed by atoms with van der Waals surface area (Å²) in [5, 5.41) is 16.2. The van der Waals surface area contributed by atoms with Crippen LogP contribution in [-0.2, 0) is 6.54 Å². The summed E-state index contributed by atoms with van der Waals surface area (Å²) in [7, 11) is 0. The molecular formula is C12H14N6. The topological polar surface area (TPSA) is 92.5 Å². The Balaban J connectivity index is 2.03. The second-order valence-electron chi connectivity index (χ2n) is 4.02.